The largest absolute Gasteiger partial charge is 0.478 e. The molecular formula is C31H59FO2. The molecule has 0 fully saturated rings. The molecule has 0 aromatic heterocycles. The molecule has 0 aliphatic carbocycles. The Bertz CT molecular complexity index is 472. The summed E-state index contributed by atoms with van der Waals surface area (Å²) < 4.78 is 12.1. The van der Waals surface area contributed by atoms with Gasteiger partial charge in [-0.1, -0.05) is 141 Å². The van der Waals surface area contributed by atoms with Gasteiger partial charge in [-0.05, 0) is 39.0 Å². The van der Waals surface area contributed by atoms with Gasteiger partial charge in [0.2, 0.25) is 0 Å². The zero-order valence-corrected chi connectivity index (χ0v) is 23.1. The number of carboxylic acid groups (broad SMARTS) is 1. The lowest BCUT2D eigenvalue weighted by Gasteiger charge is -2.11. The number of unbranched alkanes of at least 4 members (excludes halogenated alkanes) is 21. The third-order valence-electron chi connectivity index (χ3n) is 7.30. The van der Waals surface area contributed by atoms with Crippen LogP contribution in [0.4, 0.5) is 4.39 Å². The number of carbonyl (C=O) groups is 1. The average Bonchev–Trinajstić information content (AvgIpc) is 2.83. The van der Waals surface area contributed by atoms with Crippen molar-refractivity contribution in [3.05, 3.63) is 11.1 Å². The van der Waals surface area contributed by atoms with Crippen LogP contribution >= 0.6 is 0 Å². The lowest BCUT2D eigenvalue weighted by atomic mass is 9.95. The second-order valence-corrected chi connectivity index (χ2v) is 10.5. The summed E-state index contributed by atoms with van der Waals surface area (Å²) in [4.78, 5) is 11.5. The molecule has 0 aromatic rings. The highest BCUT2D eigenvalue weighted by Gasteiger charge is 2.09. The van der Waals surface area contributed by atoms with Crippen molar-refractivity contribution in [3.63, 3.8) is 0 Å². The van der Waals surface area contributed by atoms with Gasteiger partial charge in [0.25, 0.3) is 0 Å². The molecule has 0 bridgehead atoms. The van der Waals surface area contributed by atoms with E-state index in [4.69, 9.17) is 0 Å². The molecule has 0 aliphatic heterocycles. The Balaban J connectivity index is 3.69. The molecule has 0 unspecified atom stereocenters. The first-order chi connectivity index (χ1) is 16.6. The quantitative estimate of drug-likeness (QED) is 0.0933. The second kappa shape index (κ2) is 26.7. The highest BCUT2D eigenvalue weighted by molar-refractivity contribution is 5.86. The van der Waals surface area contributed by atoms with Gasteiger partial charge in [0.15, 0.2) is 0 Å². The SMILES string of the molecule is CCCCCCCCCCCCCCCCCC(CCCCCCCCCCF)=C(C)C(=O)O. The van der Waals surface area contributed by atoms with Gasteiger partial charge >= 0.3 is 5.97 Å². The Kier molecular flexibility index (Phi) is 26.1. The fourth-order valence-corrected chi connectivity index (χ4v) is 4.85. The maximum absolute atomic E-state index is 12.1. The summed E-state index contributed by atoms with van der Waals surface area (Å²) in [5.41, 5.74) is 1.75. The van der Waals surface area contributed by atoms with E-state index >= 15 is 0 Å². The molecule has 0 atom stereocenters. The van der Waals surface area contributed by atoms with Gasteiger partial charge in [-0.15, -0.1) is 0 Å². The molecular weight excluding hydrogens is 423 g/mol. The fraction of sp³-hybridized carbons (Fsp3) is 0.903. The van der Waals surface area contributed by atoms with Crippen molar-refractivity contribution in [1.82, 2.24) is 0 Å². The molecule has 0 saturated carbocycles. The van der Waals surface area contributed by atoms with Crippen molar-refractivity contribution >= 4 is 5.97 Å². The normalized spacial score (nSPS) is 12.2. The summed E-state index contributed by atoms with van der Waals surface area (Å²) in [6.07, 6.45) is 31.1. The van der Waals surface area contributed by atoms with Crippen LogP contribution in [-0.2, 0) is 4.79 Å². The number of halogens is 1. The lowest BCUT2D eigenvalue weighted by molar-refractivity contribution is -0.132. The topological polar surface area (TPSA) is 37.3 Å². The van der Waals surface area contributed by atoms with E-state index in [0.717, 1.165) is 38.5 Å². The highest BCUT2D eigenvalue weighted by atomic mass is 19.1. The summed E-state index contributed by atoms with van der Waals surface area (Å²) >= 11 is 0. The summed E-state index contributed by atoms with van der Waals surface area (Å²) in [5, 5.41) is 9.44. The third-order valence-corrected chi connectivity index (χ3v) is 7.30. The molecule has 0 aromatic carbocycles. The van der Waals surface area contributed by atoms with Crippen LogP contribution in [0.1, 0.15) is 174 Å². The van der Waals surface area contributed by atoms with Gasteiger partial charge in [0.1, 0.15) is 0 Å². The predicted octanol–water partition coefficient (Wildman–Crippen LogP) is 11.1. The monoisotopic (exact) mass is 482 g/mol. The van der Waals surface area contributed by atoms with Gasteiger partial charge in [0.05, 0.1) is 6.67 Å². The average molecular weight is 483 g/mol. The number of hydrogen-bond acceptors (Lipinski definition) is 1. The molecule has 202 valence electrons. The number of rotatable bonds is 27. The van der Waals surface area contributed by atoms with Crippen molar-refractivity contribution in [2.75, 3.05) is 6.67 Å². The summed E-state index contributed by atoms with van der Waals surface area (Å²) in [7, 11) is 0. The number of hydrogen-bond donors (Lipinski definition) is 1. The van der Waals surface area contributed by atoms with Crippen molar-refractivity contribution in [2.24, 2.45) is 0 Å². The fourth-order valence-electron chi connectivity index (χ4n) is 4.85. The second-order valence-electron chi connectivity index (χ2n) is 10.5. The van der Waals surface area contributed by atoms with E-state index in [9.17, 15) is 14.3 Å². The zero-order chi connectivity index (χ0) is 25.1. The maximum atomic E-state index is 12.1. The first-order valence-electron chi connectivity index (χ1n) is 15.1. The van der Waals surface area contributed by atoms with Crippen LogP contribution in [0.5, 0.6) is 0 Å². The van der Waals surface area contributed by atoms with E-state index in [1.807, 2.05) is 0 Å². The van der Waals surface area contributed by atoms with E-state index in [1.165, 1.54) is 121 Å². The Morgan fingerprint density at radius 3 is 1.12 bits per heavy atom. The number of allylic oxidation sites excluding steroid dienone is 1. The molecule has 3 heteroatoms. The maximum Gasteiger partial charge on any atom is 0.331 e. The smallest absolute Gasteiger partial charge is 0.331 e. The first kappa shape index (κ1) is 33.1. The van der Waals surface area contributed by atoms with E-state index in [2.05, 4.69) is 6.92 Å². The molecule has 0 rings (SSSR count). The van der Waals surface area contributed by atoms with Crippen molar-refractivity contribution in [2.45, 2.75) is 174 Å². The Morgan fingerprint density at radius 1 is 0.529 bits per heavy atom. The Labute approximate surface area is 212 Å². The molecule has 2 nitrogen and oxygen atoms in total. The highest BCUT2D eigenvalue weighted by Crippen LogP contribution is 2.22. The van der Waals surface area contributed by atoms with Crippen LogP contribution in [0.15, 0.2) is 11.1 Å². The third kappa shape index (κ3) is 22.9. The first-order valence-corrected chi connectivity index (χ1v) is 15.1. The minimum atomic E-state index is -0.746. The molecule has 34 heavy (non-hydrogen) atoms. The van der Waals surface area contributed by atoms with Gasteiger partial charge in [0, 0.05) is 5.57 Å². The van der Waals surface area contributed by atoms with Crippen LogP contribution in [0, 0.1) is 0 Å². The Morgan fingerprint density at radius 2 is 0.824 bits per heavy atom. The molecule has 0 amide bonds. The lowest BCUT2D eigenvalue weighted by Crippen LogP contribution is -2.02. The molecule has 0 saturated heterocycles. The molecule has 0 heterocycles. The molecule has 0 spiro atoms. The van der Waals surface area contributed by atoms with E-state index in [-0.39, 0.29) is 6.67 Å². The number of alkyl halides is 1. The van der Waals surface area contributed by atoms with Gasteiger partial charge < -0.3 is 5.11 Å². The van der Waals surface area contributed by atoms with Crippen molar-refractivity contribution in [1.29, 1.82) is 0 Å². The van der Waals surface area contributed by atoms with E-state index in [0.29, 0.717) is 12.0 Å². The number of carboxylic acids is 1. The van der Waals surface area contributed by atoms with Crippen LogP contribution < -0.4 is 0 Å². The van der Waals surface area contributed by atoms with E-state index < -0.39 is 5.97 Å². The number of aliphatic carboxylic acids is 1. The van der Waals surface area contributed by atoms with Gasteiger partial charge in [-0.25, -0.2) is 4.79 Å². The van der Waals surface area contributed by atoms with Crippen LogP contribution in [-0.4, -0.2) is 17.8 Å². The molecule has 0 aliphatic rings. The predicted molar refractivity (Wildman–Crippen MR) is 147 cm³/mol. The van der Waals surface area contributed by atoms with Gasteiger partial charge in [-0.2, -0.15) is 0 Å². The Hall–Kier alpha value is -0.860. The summed E-state index contributed by atoms with van der Waals surface area (Å²) in [6.45, 7) is 3.88. The minimum Gasteiger partial charge on any atom is -0.478 e. The summed E-state index contributed by atoms with van der Waals surface area (Å²) in [5.74, 6) is -0.746. The van der Waals surface area contributed by atoms with Crippen molar-refractivity contribution in [3.8, 4) is 0 Å². The zero-order valence-electron chi connectivity index (χ0n) is 23.1. The molecule has 0 radical (unpaired) electrons. The van der Waals surface area contributed by atoms with Crippen LogP contribution in [0.2, 0.25) is 0 Å². The van der Waals surface area contributed by atoms with E-state index in [1.54, 1.807) is 6.92 Å². The minimum absolute atomic E-state index is 0.183. The standard InChI is InChI=1S/C31H59FO2/c1-3-4-5-6-7-8-9-10-11-12-13-14-17-20-23-26-30(29(2)31(33)34)27-24-21-18-15-16-19-22-25-28-32/h3-28H2,1-2H3,(H,33,34). The van der Waals surface area contributed by atoms with Crippen LogP contribution in [0.3, 0.4) is 0 Å². The van der Waals surface area contributed by atoms with Gasteiger partial charge in [-0.3, -0.25) is 4.39 Å². The summed E-state index contributed by atoms with van der Waals surface area (Å²) in [6, 6.07) is 0. The van der Waals surface area contributed by atoms with Crippen molar-refractivity contribution < 1.29 is 14.3 Å². The molecule has 1 N–H and O–H groups in total. The van der Waals surface area contributed by atoms with Crippen LogP contribution in [0.25, 0.3) is 0 Å².